The van der Waals surface area contributed by atoms with Crippen molar-refractivity contribution in [3.63, 3.8) is 0 Å². The van der Waals surface area contributed by atoms with E-state index in [9.17, 15) is 13.2 Å². The van der Waals surface area contributed by atoms with Crippen molar-refractivity contribution in [3.8, 4) is 0 Å². The van der Waals surface area contributed by atoms with E-state index in [0.29, 0.717) is 5.69 Å². The fraction of sp³-hybridized carbons (Fsp3) is 0.458. The molecule has 0 aromatic heterocycles. The largest absolute Gasteiger partial charge is 0.372 e. The molecule has 1 aliphatic heterocycles. The molecule has 1 unspecified atom stereocenters. The Hall–Kier alpha value is -2.54. The van der Waals surface area contributed by atoms with Crippen LogP contribution in [0.15, 0.2) is 48.5 Å². The molecule has 1 N–H and O–H groups in total. The van der Waals surface area contributed by atoms with Crippen molar-refractivity contribution < 1.29 is 13.2 Å². The van der Waals surface area contributed by atoms with Gasteiger partial charge in [0.25, 0.3) is 0 Å². The highest BCUT2D eigenvalue weighted by Gasteiger charge is 2.22. The van der Waals surface area contributed by atoms with Crippen LogP contribution in [-0.2, 0) is 14.8 Å². The van der Waals surface area contributed by atoms with Crippen LogP contribution in [0.4, 0.5) is 11.4 Å². The number of carbonyl (C=O) groups is 1. The van der Waals surface area contributed by atoms with Crippen molar-refractivity contribution in [2.45, 2.75) is 39.7 Å². The Bertz CT molecular complexity index is 980. The minimum atomic E-state index is -3.58. The molecule has 1 amide bonds. The molecule has 1 fully saturated rings. The minimum absolute atomic E-state index is 0.220. The summed E-state index contributed by atoms with van der Waals surface area (Å²) in [5, 5.41) is 2.93. The van der Waals surface area contributed by atoms with Crippen molar-refractivity contribution in [3.05, 3.63) is 59.7 Å². The quantitative estimate of drug-likeness (QED) is 0.705. The van der Waals surface area contributed by atoms with Crippen LogP contribution in [0.5, 0.6) is 0 Å². The molecule has 6 nitrogen and oxygen atoms in total. The van der Waals surface area contributed by atoms with Crippen LogP contribution in [0.2, 0.25) is 0 Å². The highest BCUT2D eigenvalue weighted by molar-refractivity contribution is 7.92. The van der Waals surface area contributed by atoms with Crippen LogP contribution in [0, 0.1) is 12.8 Å². The fourth-order valence-electron chi connectivity index (χ4n) is 3.85. The monoisotopic (exact) mass is 443 g/mol. The van der Waals surface area contributed by atoms with Gasteiger partial charge in [-0.1, -0.05) is 36.8 Å². The van der Waals surface area contributed by atoms with Crippen molar-refractivity contribution in [2.75, 3.05) is 35.1 Å². The Balaban J connectivity index is 1.63. The number of rotatable bonds is 7. The summed E-state index contributed by atoms with van der Waals surface area (Å²) < 4.78 is 25.6. The lowest BCUT2D eigenvalue weighted by atomic mass is 9.98. The number of nitrogens with zero attached hydrogens (tertiary/aromatic N) is 2. The van der Waals surface area contributed by atoms with Crippen molar-refractivity contribution in [1.29, 1.82) is 0 Å². The number of benzene rings is 2. The number of hydrogen-bond acceptors (Lipinski definition) is 4. The van der Waals surface area contributed by atoms with Gasteiger partial charge in [0.05, 0.1) is 18.0 Å². The second-order valence-electron chi connectivity index (χ2n) is 8.66. The summed E-state index contributed by atoms with van der Waals surface area (Å²) in [4.78, 5) is 15.0. The molecular formula is C24H33N3O3S. The summed E-state index contributed by atoms with van der Waals surface area (Å²) in [7, 11) is -3.58. The van der Waals surface area contributed by atoms with Gasteiger partial charge < -0.3 is 10.2 Å². The van der Waals surface area contributed by atoms with E-state index in [1.165, 1.54) is 18.5 Å². The van der Waals surface area contributed by atoms with Gasteiger partial charge in [-0.05, 0) is 62.4 Å². The predicted octanol–water partition coefficient (Wildman–Crippen LogP) is 3.87. The molecule has 2 aromatic rings. The molecule has 0 saturated carbocycles. The van der Waals surface area contributed by atoms with Crippen LogP contribution in [-0.4, -0.2) is 40.2 Å². The lowest BCUT2D eigenvalue weighted by Crippen LogP contribution is -2.41. The maximum Gasteiger partial charge on any atom is 0.241 e. The Kier molecular flexibility index (Phi) is 7.26. The molecule has 0 bridgehead atoms. The predicted molar refractivity (Wildman–Crippen MR) is 127 cm³/mol. The SMILES string of the molecule is Cc1ccc(N(CC(=O)NC(C)c2ccc(N3CCC(C)CC3)cc2)S(C)(=O)=O)cc1. The maximum absolute atomic E-state index is 12.6. The first-order valence-electron chi connectivity index (χ1n) is 10.8. The smallest absolute Gasteiger partial charge is 0.241 e. The first-order valence-corrected chi connectivity index (χ1v) is 12.7. The summed E-state index contributed by atoms with van der Waals surface area (Å²) in [5.74, 6) is 0.449. The minimum Gasteiger partial charge on any atom is -0.372 e. The third-order valence-corrected chi connectivity index (χ3v) is 7.07. The lowest BCUT2D eigenvalue weighted by molar-refractivity contribution is -0.120. The van der Waals surface area contributed by atoms with Crippen LogP contribution >= 0.6 is 0 Å². The van der Waals surface area contributed by atoms with E-state index in [4.69, 9.17) is 0 Å². The molecule has 0 radical (unpaired) electrons. The Morgan fingerprint density at radius 1 is 1.10 bits per heavy atom. The summed E-state index contributed by atoms with van der Waals surface area (Å²) in [5.41, 5.74) is 3.70. The van der Waals surface area contributed by atoms with E-state index >= 15 is 0 Å². The third kappa shape index (κ3) is 6.23. The van der Waals surface area contributed by atoms with E-state index in [0.717, 1.165) is 40.7 Å². The molecule has 1 aliphatic rings. The van der Waals surface area contributed by atoms with E-state index in [1.54, 1.807) is 12.1 Å². The molecule has 7 heteroatoms. The number of carbonyl (C=O) groups excluding carboxylic acids is 1. The normalized spacial score (nSPS) is 16.1. The maximum atomic E-state index is 12.6. The number of anilines is 2. The lowest BCUT2D eigenvalue weighted by Gasteiger charge is -2.32. The number of hydrogen-bond donors (Lipinski definition) is 1. The second kappa shape index (κ2) is 9.73. The van der Waals surface area contributed by atoms with Crippen LogP contribution in [0.25, 0.3) is 0 Å². The molecule has 0 aliphatic carbocycles. The van der Waals surface area contributed by atoms with E-state index in [-0.39, 0.29) is 18.5 Å². The van der Waals surface area contributed by atoms with Gasteiger partial charge >= 0.3 is 0 Å². The Labute approximate surface area is 186 Å². The number of sulfonamides is 1. The zero-order chi connectivity index (χ0) is 22.6. The van der Waals surface area contributed by atoms with E-state index in [2.05, 4.69) is 29.3 Å². The van der Waals surface area contributed by atoms with Crippen LogP contribution in [0.3, 0.4) is 0 Å². The summed E-state index contributed by atoms with van der Waals surface area (Å²) in [6.45, 7) is 8.04. The van der Waals surface area contributed by atoms with Gasteiger partial charge in [0.1, 0.15) is 6.54 Å². The molecule has 31 heavy (non-hydrogen) atoms. The van der Waals surface area contributed by atoms with Gasteiger partial charge in [-0.25, -0.2) is 8.42 Å². The average Bonchev–Trinajstić information content (AvgIpc) is 2.73. The zero-order valence-electron chi connectivity index (χ0n) is 18.8. The van der Waals surface area contributed by atoms with Crippen LogP contribution in [0.1, 0.15) is 43.9 Å². The first-order chi connectivity index (χ1) is 14.6. The van der Waals surface area contributed by atoms with Crippen LogP contribution < -0.4 is 14.5 Å². The molecule has 1 atom stereocenters. The van der Waals surface area contributed by atoms with Gasteiger partial charge in [-0.2, -0.15) is 0 Å². The standard InChI is InChI=1S/C24H33N3O3S/c1-18-5-9-23(10-6-18)27(31(4,29)30)17-24(28)25-20(3)21-7-11-22(12-8-21)26-15-13-19(2)14-16-26/h5-12,19-20H,13-17H2,1-4H3,(H,25,28). The molecular weight excluding hydrogens is 410 g/mol. The summed E-state index contributed by atoms with van der Waals surface area (Å²) in [6, 6.07) is 15.1. The van der Waals surface area contributed by atoms with Gasteiger partial charge in [0, 0.05) is 18.8 Å². The topological polar surface area (TPSA) is 69.7 Å². The summed E-state index contributed by atoms with van der Waals surface area (Å²) >= 11 is 0. The number of amides is 1. The highest BCUT2D eigenvalue weighted by Crippen LogP contribution is 2.25. The van der Waals surface area contributed by atoms with Crippen molar-refractivity contribution in [1.82, 2.24) is 5.32 Å². The van der Waals surface area contributed by atoms with Gasteiger partial charge in [0.15, 0.2) is 0 Å². The number of nitrogens with one attached hydrogen (secondary N) is 1. The molecule has 1 saturated heterocycles. The highest BCUT2D eigenvalue weighted by atomic mass is 32.2. The van der Waals surface area contributed by atoms with Crippen molar-refractivity contribution in [2.24, 2.45) is 5.92 Å². The fourth-order valence-corrected chi connectivity index (χ4v) is 4.71. The molecule has 3 rings (SSSR count). The van der Waals surface area contributed by atoms with Gasteiger partial charge in [0.2, 0.25) is 15.9 Å². The second-order valence-corrected chi connectivity index (χ2v) is 10.6. The van der Waals surface area contributed by atoms with E-state index < -0.39 is 10.0 Å². The Morgan fingerprint density at radius 2 is 1.68 bits per heavy atom. The first kappa shape index (κ1) is 23.1. The van der Waals surface area contributed by atoms with Gasteiger partial charge in [-0.3, -0.25) is 9.10 Å². The molecule has 0 spiro atoms. The summed E-state index contributed by atoms with van der Waals surface area (Å²) in [6.07, 6.45) is 3.54. The van der Waals surface area contributed by atoms with Gasteiger partial charge in [-0.15, -0.1) is 0 Å². The average molecular weight is 444 g/mol. The molecule has 1 heterocycles. The molecule has 168 valence electrons. The third-order valence-electron chi connectivity index (χ3n) is 5.93. The van der Waals surface area contributed by atoms with Crippen molar-refractivity contribution >= 4 is 27.3 Å². The Morgan fingerprint density at radius 3 is 2.23 bits per heavy atom. The number of aryl methyl sites for hydroxylation is 1. The number of piperidine rings is 1. The molecule has 2 aromatic carbocycles. The van der Waals surface area contributed by atoms with E-state index in [1.807, 2.05) is 38.1 Å². The zero-order valence-corrected chi connectivity index (χ0v) is 19.7.